The second-order valence-electron chi connectivity index (χ2n) is 9.62. The molecule has 0 bridgehead atoms. The van der Waals surface area contributed by atoms with Crippen molar-refractivity contribution in [2.75, 3.05) is 38.3 Å². The van der Waals surface area contributed by atoms with Gasteiger partial charge in [-0.1, -0.05) is 12.1 Å². The number of hydrogen-bond donors (Lipinski definition) is 1. The minimum atomic E-state index is -4.72. The molecule has 0 aliphatic heterocycles. The summed E-state index contributed by atoms with van der Waals surface area (Å²) < 4.78 is 76.4. The number of anilines is 1. The fourth-order valence-corrected chi connectivity index (χ4v) is 4.59. The predicted octanol–water partition coefficient (Wildman–Crippen LogP) is 5.28. The van der Waals surface area contributed by atoms with E-state index in [2.05, 4.69) is 5.32 Å². The van der Waals surface area contributed by atoms with E-state index in [4.69, 9.17) is 8.92 Å². The molecule has 0 saturated heterocycles. The molecule has 8 nitrogen and oxygen atoms in total. The zero-order chi connectivity index (χ0) is 28.7. The molecule has 0 radical (unpaired) electrons. The highest BCUT2D eigenvalue weighted by molar-refractivity contribution is 7.87. The molecule has 0 fully saturated rings. The van der Waals surface area contributed by atoms with Gasteiger partial charge in [-0.05, 0) is 58.9 Å². The Morgan fingerprint density at radius 2 is 1.68 bits per heavy atom. The van der Waals surface area contributed by atoms with Gasteiger partial charge < -0.3 is 24.0 Å². The molecule has 0 spiro atoms. The van der Waals surface area contributed by atoms with Gasteiger partial charge in [0.1, 0.15) is 10.6 Å². The molecule has 0 heterocycles. The molecule has 2 amide bonds. The number of urea groups is 1. The zero-order valence-electron chi connectivity index (χ0n) is 22.6. The summed E-state index contributed by atoms with van der Waals surface area (Å²) in [4.78, 5) is 15.8. The number of hydrogen-bond acceptors (Lipinski definition) is 6. The van der Waals surface area contributed by atoms with Crippen LogP contribution in [0.5, 0.6) is 5.75 Å². The minimum Gasteiger partial charge on any atom is -0.383 e. The Balaban J connectivity index is 2.54. The Hall–Kier alpha value is -2.99. The van der Waals surface area contributed by atoms with Crippen molar-refractivity contribution in [2.45, 2.75) is 57.8 Å². The Morgan fingerprint density at radius 3 is 2.24 bits per heavy atom. The standard InChI is InChI=1S/C26H36F3N3O5S/c1-7-31(8-2)21-13-12-19(18-32(14-15-36-6)24(33)30-25(3,4)5)23(17-21)37-38(34,35)22-11-9-10-20(16-22)26(27,28)29/h9-13,16-17H,7-8,14-15,18H2,1-6H3,(H,30,33). The first-order valence-electron chi connectivity index (χ1n) is 12.2. The van der Waals surface area contributed by atoms with Crippen LogP contribution >= 0.6 is 0 Å². The molecule has 0 aliphatic rings. The first-order chi connectivity index (χ1) is 17.6. The van der Waals surface area contributed by atoms with Gasteiger partial charge in [-0.15, -0.1) is 0 Å². The maximum Gasteiger partial charge on any atom is 0.416 e. The van der Waals surface area contributed by atoms with Crippen molar-refractivity contribution in [3.8, 4) is 5.75 Å². The third-order valence-electron chi connectivity index (χ3n) is 5.52. The van der Waals surface area contributed by atoms with Crippen molar-refractivity contribution in [3.05, 3.63) is 53.6 Å². The lowest BCUT2D eigenvalue weighted by molar-refractivity contribution is -0.137. The smallest absolute Gasteiger partial charge is 0.383 e. The van der Waals surface area contributed by atoms with Crippen molar-refractivity contribution in [2.24, 2.45) is 0 Å². The Kier molecular flexibility index (Phi) is 10.4. The lowest BCUT2D eigenvalue weighted by atomic mass is 10.1. The number of carbonyl (C=O) groups is 1. The normalized spacial score (nSPS) is 12.2. The van der Waals surface area contributed by atoms with E-state index in [1.54, 1.807) is 12.1 Å². The average molecular weight is 560 g/mol. The second kappa shape index (κ2) is 12.7. The fraction of sp³-hybridized carbons (Fsp3) is 0.500. The number of carbonyl (C=O) groups excluding carboxylic acids is 1. The molecule has 2 rings (SSSR count). The van der Waals surface area contributed by atoms with Gasteiger partial charge in [0.25, 0.3) is 0 Å². The number of halogens is 3. The van der Waals surface area contributed by atoms with Gasteiger partial charge in [-0.2, -0.15) is 21.6 Å². The van der Waals surface area contributed by atoms with Crippen LogP contribution in [-0.4, -0.2) is 58.2 Å². The van der Waals surface area contributed by atoms with E-state index in [0.717, 1.165) is 18.2 Å². The van der Waals surface area contributed by atoms with Crippen LogP contribution in [0.25, 0.3) is 0 Å². The van der Waals surface area contributed by atoms with Gasteiger partial charge >= 0.3 is 22.3 Å². The molecule has 0 aliphatic carbocycles. The second-order valence-corrected chi connectivity index (χ2v) is 11.2. The molecule has 0 atom stereocenters. The van der Waals surface area contributed by atoms with E-state index in [1.807, 2.05) is 39.5 Å². The fourth-order valence-electron chi connectivity index (χ4n) is 3.59. The molecule has 212 valence electrons. The molecule has 0 unspecified atom stereocenters. The highest BCUT2D eigenvalue weighted by Gasteiger charge is 2.32. The number of ether oxygens (including phenoxy) is 1. The summed E-state index contributed by atoms with van der Waals surface area (Å²) in [5.41, 5.74) is -0.614. The summed E-state index contributed by atoms with van der Waals surface area (Å²) in [7, 11) is -3.14. The van der Waals surface area contributed by atoms with Crippen LogP contribution in [0.4, 0.5) is 23.7 Å². The number of alkyl halides is 3. The van der Waals surface area contributed by atoms with E-state index in [1.165, 1.54) is 18.1 Å². The van der Waals surface area contributed by atoms with E-state index in [0.29, 0.717) is 30.4 Å². The number of nitrogens with zero attached hydrogens (tertiary/aromatic N) is 2. The maximum absolute atomic E-state index is 13.2. The monoisotopic (exact) mass is 559 g/mol. The summed E-state index contributed by atoms with van der Waals surface area (Å²) in [5, 5.41) is 2.87. The molecule has 0 aromatic heterocycles. The van der Waals surface area contributed by atoms with Crippen LogP contribution in [0.3, 0.4) is 0 Å². The molecule has 1 N–H and O–H groups in total. The molecule has 38 heavy (non-hydrogen) atoms. The third-order valence-corrected chi connectivity index (χ3v) is 6.75. The van der Waals surface area contributed by atoms with Crippen LogP contribution in [0.1, 0.15) is 45.7 Å². The lowest BCUT2D eigenvalue weighted by Gasteiger charge is -2.29. The summed E-state index contributed by atoms with van der Waals surface area (Å²) in [6.07, 6.45) is -4.72. The molecule has 12 heteroatoms. The van der Waals surface area contributed by atoms with Gasteiger partial charge in [-0.25, -0.2) is 4.79 Å². The summed E-state index contributed by atoms with van der Waals surface area (Å²) in [5.74, 6) is -0.0854. The highest BCUT2D eigenvalue weighted by Crippen LogP contribution is 2.33. The first kappa shape index (κ1) is 31.2. The third kappa shape index (κ3) is 8.80. The summed E-state index contributed by atoms with van der Waals surface area (Å²) in [6, 6.07) is 7.92. The van der Waals surface area contributed by atoms with Gasteiger partial charge in [0.05, 0.1) is 18.7 Å². The Labute approximate surface area is 222 Å². The zero-order valence-corrected chi connectivity index (χ0v) is 23.4. The molecular formula is C26H36F3N3O5S. The number of methoxy groups -OCH3 is 1. The molecule has 2 aromatic carbocycles. The lowest BCUT2D eigenvalue weighted by Crippen LogP contribution is -2.49. The number of amides is 2. The Bertz CT molecular complexity index is 1190. The average Bonchev–Trinajstić information content (AvgIpc) is 2.82. The predicted molar refractivity (Wildman–Crippen MR) is 140 cm³/mol. The van der Waals surface area contributed by atoms with Crippen molar-refractivity contribution in [3.63, 3.8) is 0 Å². The molecule has 0 saturated carbocycles. The van der Waals surface area contributed by atoms with Crippen LogP contribution in [-0.2, 0) is 27.6 Å². The quantitative estimate of drug-likeness (QED) is 0.377. The SMILES string of the molecule is CCN(CC)c1ccc(CN(CCOC)C(=O)NC(C)(C)C)c(OS(=O)(=O)c2cccc(C(F)(F)F)c2)c1. The minimum absolute atomic E-state index is 0.0305. The molecular weight excluding hydrogens is 523 g/mol. The van der Waals surface area contributed by atoms with E-state index < -0.39 is 38.3 Å². The van der Waals surface area contributed by atoms with Gasteiger partial charge in [0, 0.05) is 49.6 Å². The molecule has 2 aromatic rings. The largest absolute Gasteiger partial charge is 0.416 e. The van der Waals surface area contributed by atoms with Crippen molar-refractivity contribution in [1.82, 2.24) is 10.2 Å². The van der Waals surface area contributed by atoms with Crippen LogP contribution in [0.2, 0.25) is 0 Å². The Morgan fingerprint density at radius 1 is 1.03 bits per heavy atom. The van der Waals surface area contributed by atoms with E-state index >= 15 is 0 Å². The number of rotatable bonds is 11. The number of nitrogens with one attached hydrogen (secondary N) is 1. The van der Waals surface area contributed by atoms with Crippen LogP contribution < -0.4 is 14.4 Å². The van der Waals surface area contributed by atoms with E-state index in [9.17, 15) is 26.4 Å². The van der Waals surface area contributed by atoms with Gasteiger partial charge in [0.15, 0.2) is 0 Å². The first-order valence-corrected chi connectivity index (χ1v) is 13.6. The number of benzene rings is 2. The van der Waals surface area contributed by atoms with Crippen molar-refractivity contribution < 1.29 is 35.3 Å². The topological polar surface area (TPSA) is 88.2 Å². The highest BCUT2D eigenvalue weighted by atomic mass is 32.2. The van der Waals surface area contributed by atoms with Crippen molar-refractivity contribution in [1.29, 1.82) is 0 Å². The van der Waals surface area contributed by atoms with Crippen molar-refractivity contribution >= 4 is 21.8 Å². The van der Waals surface area contributed by atoms with E-state index in [-0.39, 0.29) is 25.4 Å². The maximum atomic E-state index is 13.2. The summed E-state index contributed by atoms with van der Waals surface area (Å²) >= 11 is 0. The van der Waals surface area contributed by atoms with Crippen LogP contribution in [0.15, 0.2) is 47.4 Å². The van der Waals surface area contributed by atoms with Crippen LogP contribution in [0, 0.1) is 0 Å². The summed E-state index contributed by atoms with van der Waals surface area (Å²) in [6.45, 7) is 11.0. The van der Waals surface area contributed by atoms with Gasteiger partial charge in [0.2, 0.25) is 0 Å². The van der Waals surface area contributed by atoms with Gasteiger partial charge in [-0.3, -0.25) is 0 Å².